The van der Waals surface area contributed by atoms with Crippen LogP contribution in [0, 0.1) is 5.92 Å². The van der Waals surface area contributed by atoms with E-state index >= 15 is 0 Å². The van der Waals surface area contributed by atoms with Crippen LogP contribution in [0.15, 0.2) is 30.3 Å². The predicted molar refractivity (Wildman–Crippen MR) is 92.7 cm³/mol. The van der Waals surface area contributed by atoms with Crippen LogP contribution in [0.4, 0.5) is 0 Å². The highest BCUT2D eigenvalue weighted by Crippen LogP contribution is 2.37. The van der Waals surface area contributed by atoms with Crippen molar-refractivity contribution < 1.29 is 4.79 Å². The molecule has 2 fully saturated rings. The fourth-order valence-electron chi connectivity index (χ4n) is 3.86. The molecule has 120 valence electrons. The van der Waals surface area contributed by atoms with Crippen molar-refractivity contribution >= 4 is 17.7 Å². The molecule has 1 aromatic rings. The molecule has 2 unspecified atom stereocenters. The number of carbonyl (C=O) groups is 1. The van der Waals surface area contributed by atoms with Crippen LogP contribution in [0.5, 0.6) is 0 Å². The molecule has 2 N–H and O–H groups in total. The Kier molecular flexibility index (Phi) is 5.09. The SMILES string of the molecule is CC1SCCN(C(=O)C[C@@H]2CCC[C@H]2N)C1c1ccccc1. The molecule has 1 saturated carbocycles. The molecule has 1 aliphatic carbocycles. The van der Waals surface area contributed by atoms with Gasteiger partial charge in [0.1, 0.15) is 0 Å². The summed E-state index contributed by atoms with van der Waals surface area (Å²) in [5.41, 5.74) is 7.41. The number of nitrogens with two attached hydrogens (primary N) is 1. The normalized spacial score (nSPS) is 32.2. The maximum atomic E-state index is 12.9. The van der Waals surface area contributed by atoms with E-state index in [1.54, 1.807) is 0 Å². The van der Waals surface area contributed by atoms with Gasteiger partial charge in [-0.2, -0.15) is 11.8 Å². The Morgan fingerprint density at radius 3 is 2.77 bits per heavy atom. The number of hydrogen-bond donors (Lipinski definition) is 1. The van der Waals surface area contributed by atoms with Gasteiger partial charge in [0.2, 0.25) is 5.91 Å². The van der Waals surface area contributed by atoms with Gasteiger partial charge in [-0.3, -0.25) is 4.79 Å². The monoisotopic (exact) mass is 318 g/mol. The van der Waals surface area contributed by atoms with Gasteiger partial charge < -0.3 is 10.6 Å². The minimum absolute atomic E-state index is 0.199. The summed E-state index contributed by atoms with van der Waals surface area (Å²) in [5.74, 6) is 1.71. The van der Waals surface area contributed by atoms with E-state index < -0.39 is 0 Å². The van der Waals surface area contributed by atoms with Crippen LogP contribution >= 0.6 is 11.8 Å². The fraction of sp³-hybridized carbons (Fsp3) is 0.611. The van der Waals surface area contributed by atoms with E-state index in [4.69, 9.17) is 5.73 Å². The number of thioether (sulfide) groups is 1. The van der Waals surface area contributed by atoms with Gasteiger partial charge in [-0.1, -0.05) is 43.7 Å². The second kappa shape index (κ2) is 7.05. The van der Waals surface area contributed by atoms with Gasteiger partial charge in [0.25, 0.3) is 0 Å². The molecule has 3 rings (SSSR count). The van der Waals surface area contributed by atoms with Crippen LogP contribution in [0.3, 0.4) is 0 Å². The summed E-state index contributed by atoms with van der Waals surface area (Å²) in [6.07, 6.45) is 3.99. The molecule has 3 nitrogen and oxygen atoms in total. The van der Waals surface area contributed by atoms with Crippen LogP contribution < -0.4 is 5.73 Å². The van der Waals surface area contributed by atoms with Crippen molar-refractivity contribution in [1.82, 2.24) is 4.90 Å². The Morgan fingerprint density at radius 2 is 2.09 bits per heavy atom. The third kappa shape index (κ3) is 3.33. The van der Waals surface area contributed by atoms with Crippen molar-refractivity contribution in [3.8, 4) is 0 Å². The first-order valence-corrected chi connectivity index (χ1v) is 9.43. The average Bonchev–Trinajstić information content (AvgIpc) is 2.93. The molecule has 4 heteroatoms. The minimum atomic E-state index is 0.199. The number of nitrogens with zero attached hydrogens (tertiary/aromatic N) is 1. The lowest BCUT2D eigenvalue weighted by molar-refractivity contribution is -0.134. The largest absolute Gasteiger partial charge is 0.334 e. The Morgan fingerprint density at radius 1 is 1.32 bits per heavy atom. The first-order chi connectivity index (χ1) is 10.7. The van der Waals surface area contributed by atoms with Crippen molar-refractivity contribution in [1.29, 1.82) is 0 Å². The third-order valence-corrected chi connectivity index (χ3v) is 6.31. The predicted octanol–water partition coefficient (Wildman–Crippen LogP) is 3.21. The average molecular weight is 318 g/mol. The molecule has 0 bridgehead atoms. The second-order valence-corrected chi connectivity index (χ2v) is 8.06. The van der Waals surface area contributed by atoms with E-state index in [-0.39, 0.29) is 12.1 Å². The molecule has 1 amide bonds. The van der Waals surface area contributed by atoms with Crippen molar-refractivity contribution in [2.45, 2.75) is 49.9 Å². The van der Waals surface area contributed by atoms with Crippen molar-refractivity contribution in [3.05, 3.63) is 35.9 Å². The van der Waals surface area contributed by atoms with Gasteiger partial charge in [0, 0.05) is 30.0 Å². The molecular formula is C18H26N2OS. The lowest BCUT2D eigenvalue weighted by Gasteiger charge is -2.40. The first kappa shape index (κ1) is 15.9. The first-order valence-electron chi connectivity index (χ1n) is 8.38. The summed E-state index contributed by atoms with van der Waals surface area (Å²) in [7, 11) is 0. The fourth-order valence-corrected chi connectivity index (χ4v) is 5.02. The van der Waals surface area contributed by atoms with Crippen LogP contribution in [0.2, 0.25) is 0 Å². The third-order valence-electron chi connectivity index (χ3n) is 5.11. The van der Waals surface area contributed by atoms with E-state index in [9.17, 15) is 4.79 Å². The van der Waals surface area contributed by atoms with E-state index in [0.29, 0.717) is 23.5 Å². The molecule has 1 aliphatic heterocycles. The maximum Gasteiger partial charge on any atom is 0.223 e. The summed E-state index contributed by atoms with van der Waals surface area (Å²) in [6.45, 7) is 3.10. The zero-order chi connectivity index (χ0) is 15.5. The number of benzene rings is 1. The molecule has 0 spiro atoms. The van der Waals surface area contributed by atoms with Gasteiger partial charge in [0.15, 0.2) is 0 Å². The lowest BCUT2D eigenvalue weighted by atomic mass is 9.97. The molecule has 4 atom stereocenters. The lowest BCUT2D eigenvalue weighted by Crippen LogP contribution is -2.45. The van der Waals surface area contributed by atoms with Gasteiger partial charge in [-0.05, 0) is 24.3 Å². The summed E-state index contributed by atoms with van der Waals surface area (Å²) in [4.78, 5) is 15.0. The van der Waals surface area contributed by atoms with E-state index in [1.165, 1.54) is 12.0 Å². The van der Waals surface area contributed by atoms with E-state index in [2.05, 4.69) is 36.1 Å². The highest BCUT2D eigenvalue weighted by atomic mass is 32.2. The number of hydrogen-bond acceptors (Lipinski definition) is 3. The van der Waals surface area contributed by atoms with Crippen molar-refractivity contribution in [3.63, 3.8) is 0 Å². The zero-order valence-electron chi connectivity index (χ0n) is 13.3. The van der Waals surface area contributed by atoms with Crippen molar-refractivity contribution in [2.24, 2.45) is 11.7 Å². The van der Waals surface area contributed by atoms with Gasteiger partial charge in [0.05, 0.1) is 6.04 Å². The van der Waals surface area contributed by atoms with Crippen LogP contribution in [-0.4, -0.2) is 34.4 Å². The standard InChI is InChI=1S/C18H26N2OS/c1-13-18(14-6-3-2-4-7-14)20(10-11-22-13)17(21)12-15-8-5-9-16(15)19/h2-4,6-7,13,15-16,18H,5,8-12,19H2,1H3/t13?,15-,16+,18?/m0/s1. The Labute approximate surface area is 137 Å². The minimum Gasteiger partial charge on any atom is -0.334 e. The Balaban J connectivity index is 1.75. The molecule has 2 aliphatic rings. The zero-order valence-corrected chi connectivity index (χ0v) is 14.1. The maximum absolute atomic E-state index is 12.9. The van der Waals surface area contributed by atoms with Gasteiger partial charge >= 0.3 is 0 Å². The second-order valence-electron chi connectivity index (χ2n) is 6.58. The molecule has 22 heavy (non-hydrogen) atoms. The number of amides is 1. The highest BCUT2D eigenvalue weighted by Gasteiger charge is 2.35. The molecule has 1 saturated heterocycles. The summed E-state index contributed by atoms with van der Waals surface area (Å²) < 4.78 is 0. The molecule has 0 aromatic heterocycles. The Bertz CT molecular complexity index is 507. The summed E-state index contributed by atoms with van der Waals surface area (Å²) in [5, 5.41) is 0.442. The smallest absolute Gasteiger partial charge is 0.223 e. The summed E-state index contributed by atoms with van der Waals surface area (Å²) >= 11 is 1.97. The number of carbonyl (C=O) groups excluding carboxylic acids is 1. The molecule has 0 radical (unpaired) electrons. The van der Waals surface area contributed by atoms with Gasteiger partial charge in [-0.25, -0.2) is 0 Å². The van der Waals surface area contributed by atoms with E-state index in [1.807, 2.05) is 17.8 Å². The van der Waals surface area contributed by atoms with Gasteiger partial charge in [-0.15, -0.1) is 0 Å². The van der Waals surface area contributed by atoms with Crippen LogP contribution in [0.25, 0.3) is 0 Å². The number of rotatable bonds is 3. The van der Waals surface area contributed by atoms with Crippen molar-refractivity contribution in [2.75, 3.05) is 12.3 Å². The molecule has 1 heterocycles. The molecule has 1 aromatic carbocycles. The highest BCUT2D eigenvalue weighted by molar-refractivity contribution is 8.00. The quantitative estimate of drug-likeness (QED) is 0.931. The summed E-state index contributed by atoms with van der Waals surface area (Å²) in [6, 6.07) is 10.9. The van der Waals surface area contributed by atoms with Crippen LogP contribution in [0.1, 0.15) is 44.2 Å². The van der Waals surface area contributed by atoms with Crippen LogP contribution in [-0.2, 0) is 4.79 Å². The van der Waals surface area contributed by atoms with E-state index in [0.717, 1.165) is 25.1 Å². The Hall–Kier alpha value is -1.00. The topological polar surface area (TPSA) is 46.3 Å². The molecular weight excluding hydrogens is 292 g/mol.